The Morgan fingerprint density at radius 1 is 1.15 bits per heavy atom. The topological polar surface area (TPSA) is 67.9 Å². The standard InChI is InChI=1S/C19H21ClN2O4/c1-3-22(19(24)13-26-17-10-5-4-9-16(17)20)12-18(23)21-14-7-6-8-15(11-14)25-2/h4-11H,3,12-13H2,1-2H3,(H,21,23). The minimum Gasteiger partial charge on any atom is -0.497 e. The van der Waals surface area contributed by atoms with E-state index in [1.165, 1.54) is 4.90 Å². The molecule has 2 aromatic rings. The second-order valence-corrected chi connectivity index (χ2v) is 5.81. The van der Waals surface area contributed by atoms with Crippen molar-refractivity contribution in [2.24, 2.45) is 0 Å². The fourth-order valence-corrected chi connectivity index (χ4v) is 2.43. The summed E-state index contributed by atoms with van der Waals surface area (Å²) in [6.45, 7) is 1.92. The number of methoxy groups -OCH3 is 1. The van der Waals surface area contributed by atoms with E-state index in [1.54, 1.807) is 62.6 Å². The molecule has 2 amide bonds. The van der Waals surface area contributed by atoms with Crippen molar-refractivity contribution in [3.63, 3.8) is 0 Å². The maximum atomic E-state index is 12.3. The van der Waals surface area contributed by atoms with Gasteiger partial charge in [0.15, 0.2) is 6.61 Å². The van der Waals surface area contributed by atoms with Crippen LogP contribution in [0.3, 0.4) is 0 Å². The lowest BCUT2D eigenvalue weighted by Gasteiger charge is -2.20. The molecule has 0 aromatic heterocycles. The minimum absolute atomic E-state index is 0.0710. The minimum atomic E-state index is -0.300. The third kappa shape index (κ3) is 5.67. The summed E-state index contributed by atoms with van der Waals surface area (Å²) in [6.07, 6.45) is 0. The summed E-state index contributed by atoms with van der Waals surface area (Å²) >= 11 is 6.00. The van der Waals surface area contributed by atoms with Crippen molar-refractivity contribution < 1.29 is 19.1 Å². The Morgan fingerprint density at radius 3 is 2.62 bits per heavy atom. The third-order valence-electron chi connectivity index (χ3n) is 3.61. The predicted molar refractivity (Wildman–Crippen MR) is 101 cm³/mol. The first kappa shape index (κ1) is 19.6. The molecule has 6 nitrogen and oxygen atoms in total. The lowest BCUT2D eigenvalue weighted by Crippen LogP contribution is -2.40. The highest BCUT2D eigenvalue weighted by molar-refractivity contribution is 6.32. The summed E-state index contributed by atoms with van der Waals surface area (Å²) in [4.78, 5) is 25.9. The van der Waals surface area contributed by atoms with Gasteiger partial charge in [-0.05, 0) is 31.2 Å². The molecule has 0 unspecified atom stereocenters. The van der Waals surface area contributed by atoms with Gasteiger partial charge in [0, 0.05) is 18.3 Å². The number of carbonyl (C=O) groups is 2. The summed E-state index contributed by atoms with van der Waals surface area (Å²) in [7, 11) is 1.55. The number of hydrogen-bond acceptors (Lipinski definition) is 4. The van der Waals surface area contributed by atoms with Crippen LogP contribution in [0, 0.1) is 0 Å². The molecule has 2 rings (SSSR count). The van der Waals surface area contributed by atoms with Gasteiger partial charge in [0.25, 0.3) is 5.91 Å². The van der Waals surface area contributed by atoms with E-state index >= 15 is 0 Å². The smallest absolute Gasteiger partial charge is 0.260 e. The fourth-order valence-electron chi connectivity index (χ4n) is 2.24. The Labute approximate surface area is 157 Å². The summed E-state index contributed by atoms with van der Waals surface area (Å²) < 4.78 is 10.6. The zero-order valence-corrected chi connectivity index (χ0v) is 15.5. The number of rotatable bonds is 8. The average molecular weight is 377 g/mol. The quantitative estimate of drug-likeness (QED) is 0.768. The summed E-state index contributed by atoms with van der Waals surface area (Å²) in [5.74, 6) is 0.471. The van der Waals surface area contributed by atoms with Crippen molar-refractivity contribution in [1.82, 2.24) is 4.90 Å². The van der Waals surface area contributed by atoms with E-state index in [9.17, 15) is 9.59 Å². The summed E-state index contributed by atoms with van der Waals surface area (Å²) in [6, 6.07) is 13.9. The lowest BCUT2D eigenvalue weighted by molar-refractivity contribution is -0.136. The fraction of sp³-hybridized carbons (Fsp3) is 0.263. The molecule has 0 aliphatic carbocycles. The van der Waals surface area contributed by atoms with Crippen LogP contribution >= 0.6 is 11.6 Å². The Kier molecular flexibility index (Phi) is 7.29. The van der Waals surface area contributed by atoms with Crippen molar-refractivity contribution in [2.45, 2.75) is 6.92 Å². The molecule has 0 aliphatic heterocycles. The van der Waals surface area contributed by atoms with Gasteiger partial charge < -0.3 is 19.7 Å². The van der Waals surface area contributed by atoms with Crippen LogP contribution in [0.25, 0.3) is 0 Å². The van der Waals surface area contributed by atoms with Gasteiger partial charge in [0.2, 0.25) is 5.91 Å². The molecule has 26 heavy (non-hydrogen) atoms. The van der Waals surface area contributed by atoms with Gasteiger partial charge in [-0.25, -0.2) is 0 Å². The first-order valence-corrected chi connectivity index (χ1v) is 8.50. The van der Waals surface area contributed by atoms with Crippen LogP contribution < -0.4 is 14.8 Å². The number of anilines is 1. The Bertz CT molecular complexity index is 767. The van der Waals surface area contributed by atoms with Crippen molar-refractivity contribution in [3.8, 4) is 11.5 Å². The SMILES string of the molecule is CCN(CC(=O)Nc1cccc(OC)c1)C(=O)COc1ccccc1Cl. The zero-order chi connectivity index (χ0) is 18.9. The largest absolute Gasteiger partial charge is 0.497 e. The molecule has 0 spiro atoms. The molecule has 0 aliphatic rings. The number of benzene rings is 2. The second-order valence-electron chi connectivity index (χ2n) is 5.41. The molecule has 138 valence electrons. The maximum absolute atomic E-state index is 12.3. The van der Waals surface area contributed by atoms with Crippen LogP contribution in [0.1, 0.15) is 6.92 Å². The van der Waals surface area contributed by atoms with E-state index < -0.39 is 0 Å². The van der Waals surface area contributed by atoms with Gasteiger partial charge in [-0.3, -0.25) is 9.59 Å². The van der Waals surface area contributed by atoms with Gasteiger partial charge in [0.1, 0.15) is 11.5 Å². The Morgan fingerprint density at radius 2 is 1.92 bits per heavy atom. The Balaban J connectivity index is 1.89. The molecule has 0 fully saturated rings. The third-order valence-corrected chi connectivity index (χ3v) is 3.92. The molecule has 1 N–H and O–H groups in total. The molecule has 0 atom stereocenters. The van der Waals surface area contributed by atoms with Gasteiger partial charge in [-0.1, -0.05) is 29.8 Å². The van der Waals surface area contributed by atoms with Gasteiger partial charge in [-0.15, -0.1) is 0 Å². The monoisotopic (exact) mass is 376 g/mol. The first-order valence-electron chi connectivity index (χ1n) is 8.12. The van der Waals surface area contributed by atoms with E-state index in [4.69, 9.17) is 21.1 Å². The summed E-state index contributed by atoms with van der Waals surface area (Å²) in [5.41, 5.74) is 0.602. The average Bonchev–Trinajstić information content (AvgIpc) is 2.65. The van der Waals surface area contributed by atoms with Gasteiger partial charge >= 0.3 is 0 Å². The molecular formula is C19H21ClN2O4. The predicted octanol–water partition coefficient (Wildman–Crippen LogP) is 3.21. The van der Waals surface area contributed by atoms with Crippen LogP contribution in [0.15, 0.2) is 48.5 Å². The van der Waals surface area contributed by atoms with Crippen molar-refractivity contribution in [1.29, 1.82) is 0 Å². The highest BCUT2D eigenvalue weighted by Gasteiger charge is 2.17. The molecular weight excluding hydrogens is 356 g/mol. The first-order chi connectivity index (χ1) is 12.5. The van der Waals surface area contributed by atoms with E-state index in [0.29, 0.717) is 28.8 Å². The number of carbonyl (C=O) groups excluding carboxylic acids is 2. The van der Waals surface area contributed by atoms with Crippen molar-refractivity contribution in [2.75, 3.05) is 32.1 Å². The van der Waals surface area contributed by atoms with E-state index in [2.05, 4.69) is 5.32 Å². The molecule has 7 heteroatoms. The highest BCUT2D eigenvalue weighted by Crippen LogP contribution is 2.23. The van der Waals surface area contributed by atoms with E-state index in [-0.39, 0.29) is 25.0 Å². The number of halogens is 1. The van der Waals surface area contributed by atoms with Gasteiger partial charge in [0.05, 0.1) is 18.7 Å². The van der Waals surface area contributed by atoms with Crippen LogP contribution in [-0.2, 0) is 9.59 Å². The number of likely N-dealkylation sites (N-methyl/N-ethyl adjacent to an activating group) is 1. The Hall–Kier alpha value is -2.73. The molecule has 0 radical (unpaired) electrons. The number of amides is 2. The number of ether oxygens (including phenoxy) is 2. The second kappa shape index (κ2) is 9.68. The lowest BCUT2D eigenvalue weighted by atomic mass is 10.3. The van der Waals surface area contributed by atoms with Crippen molar-refractivity contribution >= 4 is 29.1 Å². The van der Waals surface area contributed by atoms with E-state index in [1.807, 2.05) is 0 Å². The normalized spacial score (nSPS) is 10.1. The number of nitrogens with one attached hydrogen (secondary N) is 1. The van der Waals surface area contributed by atoms with Crippen molar-refractivity contribution in [3.05, 3.63) is 53.6 Å². The zero-order valence-electron chi connectivity index (χ0n) is 14.7. The number of para-hydroxylation sites is 1. The van der Waals surface area contributed by atoms with Crippen LogP contribution in [-0.4, -0.2) is 43.5 Å². The molecule has 0 heterocycles. The number of nitrogens with zero attached hydrogens (tertiary/aromatic N) is 1. The summed E-state index contributed by atoms with van der Waals surface area (Å²) in [5, 5.41) is 3.17. The van der Waals surface area contributed by atoms with Crippen LogP contribution in [0.4, 0.5) is 5.69 Å². The van der Waals surface area contributed by atoms with Crippen LogP contribution in [0.2, 0.25) is 5.02 Å². The highest BCUT2D eigenvalue weighted by atomic mass is 35.5. The molecule has 2 aromatic carbocycles. The molecule has 0 saturated heterocycles. The van der Waals surface area contributed by atoms with Gasteiger partial charge in [-0.2, -0.15) is 0 Å². The molecule has 0 bridgehead atoms. The van der Waals surface area contributed by atoms with E-state index in [0.717, 1.165) is 0 Å². The number of hydrogen-bond donors (Lipinski definition) is 1. The maximum Gasteiger partial charge on any atom is 0.260 e. The van der Waals surface area contributed by atoms with Crippen LogP contribution in [0.5, 0.6) is 11.5 Å². The molecule has 0 saturated carbocycles.